The molecule has 1 heterocycles. The molecule has 0 radical (unpaired) electrons. The van der Waals surface area contributed by atoms with Crippen LogP contribution in [0.3, 0.4) is 0 Å². The third kappa shape index (κ3) is 2.43. The van der Waals surface area contributed by atoms with E-state index in [-0.39, 0.29) is 11.8 Å². The van der Waals surface area contributed by atoms with Gasteiger partial charge in [-0.2, -0.15) is 0 Å². The van der Waals surface area contributed by atoms with E-state index in [1.807, 2.05) is 0 Å². The molecule has 0 aliphatic carbocycles. The van der Waals surface area contributed by atoms with Gasteiger partial charge in [0.25, 0.3) is 0 Å². The molecule has 1 aromatic rings. The van der Waals surface area contributed by atoms with Crippen molar-refractivity contribution in [3.8, 4) is 0 Å². The second-order valence-corrected chi connectivity index (χ2v) is 4.84. The normalized spacial score (nSPS) is 15.7. The number of carbonyl (C=O) groups excluding carboxylic acids is 1. The Labute approximate surface area is 108 Å². The van der Waals surface area contributed by atoms with Crippen LogP contribution in [0.2, 0.25) is 15.1 Å². The molecule has 1 aliphatic heterocycles. The Morgan fingerprint density at radius 1 is 1.25 bits per heavy atom. The lowest BCUT2D eigenvalue weighted by Gasteiger charge is -2.26. The molecule has 1 fully saturated rings. The maximum atomic E-state index is 11.7. The Morgan fingerprint density at radius 2 is 1.81 bits per heavy atom. The summed E-state index contributed by atoms with van der Waals surface area (Å²) in [6.07, 6.45) is 0. The van der Waals surface area contributed by atoms with Crippen molar-refractivity contribution in [2.45, 2.75) is 0 Å². The van der Waals surface area contributed by atoms with Crippen molar-refractivity contribution < 1.29 is 4.79 Å². The largest absolute Gasteiger partial charge is 0.323 e. The van der Waals surface area contributed by atoms with Crippen LogP contribution in [0.15, 0.2) is 12.1 Å². The predicted molar refractivity (Wildman–Crippen MR) is 66.5 cm³/mol. The van der Waals surface area contributed by atoms with Gasteiger partial charge in [0.15, 0.2) is 0 Å². The minimum Gasteiger partial charge on any atom is -0.323 e. The lowest BCUT2D eigenvalue weighted by molar-refractivity contribution is -0.121. The Kier molecular flexibility index (Phi) is 3.60. The number of nitrogens with one attached hydrogen (secondary N) is 2. The molecule has 3 nitrogen and oxygen atoms in total. The van der Waals surface area contributed by atoms with Gasteiger partial charge in [-0.3, -0.25) is 4.79 Å². The third-order valence-electron chi connectivity index (χ3n) is 2.41. The van der Waals surface area contributed by atoms with Gasteiger partial charge in [0.2, 0.25) is 5.91 Å². The summed E-state index contributed by atoms with van der Waals surface area (Å²) in [5, 5.41) is 6.86. The van der Waals surface area contributed by atoms with Crippen LogP contribution >= 0.6 is 34.8 Å². The zero-order valence-electron chi connectivity index (χ0n) is 8.19. The third-order valence-corrected chi connectivity index (χ3v) is 3.22. The van der Waals surface area contributed by atoms with Gasteiger partial charge in [0.1, 0.15) is 0 Å². The fourth-order valence-corrected chi connectivity index (χ4v) is 2.27. The molecule has 0 atom stereocenters. The number of anilines is 1. The number of benzene rings is 1. The van der Waals surface area contributed by atoms with Crippen molar-refractivity contribution in [2.24, 2.45) is 5.92 Å². The van der Waals surface area contributed by atoms with Crippen LogP contribution in [0.25, 0.3) is 0 Å². The number of hydrogen-bond donors (Lipinski definition) is 2. The van der Waals surface area contributed by atoms with E-state index < -0.39 is 0 Å². The quantitative estimate of drug-likeness (QED) is 0.874. The topological polar surface area (TPSA) is 41.1 Å². The van der Waals surface area contributed by atoms with Gasteiger partial charge in [0.05, 0.1) is 21.7 Å². The molecule has 1 saturated heterocycles. The Morgan fingerprint density at radius 3 is 2.25 bits per heavy atom. The highest BCUT2D eigenvalue weighted by Gasteiger charge is 2.25. The molecule has 86 valence electrons. The standard InChI is InChI=1S/C10H9Cl3N2O/c11-6-1-7(12)9(8(13)2-6)15-10(16)5-3-14-4-5/h1-2,5,14H,3-4H2,(H,15,16). The Bertz CT molecular complexity index is 409. The number of rotatable bonds is 2. The molecule has 1 amide bonds. The molecule has 0 unspecified atom stereocenters. The van der Waals surface area contributed by atoms with E-state index in [0.29, 0.717) is 33.8 Å². The van der Waals surface area contributed by atoms with Crippen molar-refractivity contribution in [1.29, 1.82) is 0 Å². The van der Waals surface area contributed by atoms with Gasteiger partial charge in [-0.15, -0.1) is 0 Å². The molecule has 0 aromatic heterocycles. The van der Waals surface area contributed by atoms with Gasteiger partial charge >= 0.3 is 0 Å². The second-order valence-electron chi connectivity index (χ2n) is 3.59. The first-order valence-corrected chi connectivity index (χ1v) is 5.87. The molecule has 1 aromatic carbocycles. The Balaban J connectivity index is 2.17. The van der Waals surface area contributed by atoms with Gasteiger partial charge in [-0.05, 0) is 12.1 Å². The maximum absolute atomic E-state index is 11.7. The molecule has 16 heavy (non-hydrogen) atoms. The highest BCUT2D eigenvalue weighted by atomic mass is 35.5. The zero-order valence-corrected chi connectivity index (χ0v) is 10.5. The van der Waals surface area contributed by atoms with Crippen LogP contribution in [0, 0.1) is 5.92 Å². The van der Waals surface area contributed by atoms with Gasteiger partial charge in [-0.25, -0.2) is 0 Å². The number of amides is 1. The zero-order chi connectivity index (χ0) is 11.7. The monoisotopic (exact) mass is 278 g/mol. The van der Waals surface area contributed by atoms with E-state index in [9.17, 15) is 4.79 Å². The number of halogens is 3. The van der Waals surface area contributed by atoms with E-state index in [2.05, 4.69) is 10.6 Å². The smallest absolute Gasteiger partial charge is 0.230 e. The Hall–Kier alpha value is -0.480. The average molecular weight is 280 g/mol. The average Bonchev–Trinajstić information content (AvgIpc) is 2.08. The first-order chi connectivity index (χ1) is 7.58. The molecule has 2 N–H and O–H groups in total. The van der Waals surface area contributed by atoms with Crippen molar-refractivity contribution in [1.82, 2.24) is 5.32 Å². The summed E-state index contributed by atoms with van der Waals surface area (Å²) in [5.41, 5.74) is 0.421. The summed E-state index contributed by atoms with van der Waals surface area (Å²) >= 11 is 17.7. The molecular formula is C10H9Cl3N2O. The fraction of sp³-hybridized carbons (Fsp3) is 0.300. The second kappa shape index (κ2) is 4.80. The summed E-state index contributed by atoms with van der Waals surface area (Å²) in [6.45, 7) is 1.38. The van der Waals surface area contributed by atoms with E-state index >= 15 is 0 Å². The summed E-state index contributed by atoms with van der Waals surface area (Å²) in [7, 11) is 0. The van der Waals surface area contributed by atoms with Crippen molar-refractivity contribution in [3.63, 3.8) is 0 Å². The molecule has 0 spiro atoms. The summed E-state index contributed by atoms with van der Waals surface area (Å²) in [6, 6.07) is 3.09. The van der Waals surface area contributed by atoms with Gasteiger partial charge in [0, 0.05) is 18.1 Å². The molecule has 0 saturated carbocycles. The molecule has 2 rings (SSSR count). The minimum atomic E-state index is -0.0788. The SMILES string of the molecule is O=C(Nc1c(Cl)cc(Cl)cc1Cl)C1CNC1. The maximum Gasteiger partial charge on any atom is 0.230 e. The van der Waals surface area contributed by atoms with Crippen LogP contribution in [0.5, 0.6) is 0 Å². The molecule has 6 heteroatoms. The first-order valence-electron chi connectivity index (χ1n) is 4.74. The molecule has 0 bridgehead atoms. The van der Waals surface area contributed by atoms with Crippen molar-refractivity contribution in [3.05, 3.63) is 27.2 Å². The summed E-state index contributed by atoms with van der Waals surface area (Å²) in [4.78, 5) is 11.7. The summed E-state index contributed by atoms with van der Waals surface area (Å²) in [5.74, 6) is -0.0901. The highest BCUT2D eigenvalue weighted by molar-refractivity contribution is 6.42. The highest BCUT2D eigenvalue weighted by Crippen LogP contribution is 2.33. The number of carbonyl (C=O) groups is 1. The first kappa shape index (κ1) is 12.0. The predicted octanol–water partition coefficient (Wildman–Crippen LogP) is 2.80. The van der Waals surface area contributed by atoms with E-state index in [4.69, 9.17) is 34.8 Å². The lowest BCUT2D eigenvalue weighted by Crippen LogP contribution is -2.48. The van der Waals surface area contributed by atoms with Gasteiger partial charge in [-0.1, -0.05) is 34.8 Å². The van der Waals surface area contributed by atoms with Crippen molar-refractivity contribution in [2.75, 3.05) is 18.4 Å². The van der Waals surface area contributed by atoms with Crippen LogP contribution in [-0.4, -0.2) is 19.0 Å². The van der Waals surface area contributed by atoms with Crippen molar-refractivity contribution >= 4 is 46.4 Å². The molecule has 1 aliphatic rings. The van der Waals surface area contributed by atoms with E-state index in [1.165, 1.54) is 0 Å². The van der Waals surface area contributed by atoms with E-state index in [1.54, 1.807) is 12.1 Å². The minimum absolute atomic E-state index is 0.0113. The van der Waals surface area contributed by atoms with Gasteiger partial charge < -0.3 is 10.6 Å². The molecular weight excluding hydrogens is 270 g/mol. The van der Waals surface area contributed by atoms with Crippen LogP contribution < -0.4 is 10.6 Å². The lowest BCUT2D eigenvalue weighted by atomic mass is 10.0. The van der Waals surface area contributed by atoms with Crippen LogP contribution in [0.4, 0.5) is 5.69 Å². The van der Waals surface area contributed by atoms with Crippen LogP contribution in [-0.2, 0) is 4.79 Å². The summed E-state index contributed by atoms with van der Waals surface area (Å²) < 4.78 is 0. The number of hydrogen-bond acceptors (Lipinski definition) is 2. The fourth-order valence-electron chi connectivity index (χ4n) is 1.36. The van der Waals surface area contributed by atoms with Crippen LogP contribution in [0.1, 0.15) is 0 Å². The van der Waals surface area contributed by atoms with E-state index in [0.717, 1.165) is 0 Å².